The Hall–Kier alpha value is -4.14. The maximum absolute atomic E-state index is 14.6. The fraction of sp³-hybridized carbons (Fsp3) is 0.438. The van der Waals surface area contributed by atoms with Crippen LogP contribution in [0.15, 0.2) is 61.2 Å². The van der Waals surface area contributed by atoms with Gasteiger partial charge >= 0.3 is 12.1 Å². The molecule has 2 atom stereocenters. The standard InChI is InChI=1S/C32H43N3O6/c1-9-22-17-14-18-24(19-22)27(28(37)33-21-26(36)40-8)35(32(6,7)10-2)29(38)25(20-23-15-12-11-13-16-23)34-30(39)41-31(3,4)5/h9,11-19,25,27H,1,10,20-21H2,2-8H3,(H,33,37)(H,34,39). The normalized spacial score (nSPS) is 12.9. The molecule has 0 saturated heterocycles. The van der Waals surface area contributed by atoms with E-state index in [0.29, 0.717) is 12.0 Å². The summed E-state index contributed by atoms with van der Waals surface area (Å²) >= 11 is 0. The van der Waals surface area contributed by atoms with E-state index in [2.05, 4.69) is 17.2 Å². The predicted molar refractivity (Wildman–Crippen MR) is 159 cm³/mol. The number of esters is 1. The number of rotatable bonds is 12. The van der Waals surface area contributed by atoms with E-state index < -0.39 is 47.1 Å². The monoisotopic (exact) mass is 565 g/mol. The molecule has 2 unspecified atom stereocenters. The van der Waals surface area contributed by atoms with Crippen molar-refractivity contribution in [3.05, 3.63) is 77.9 Å². The lowest BCUT2D eigenvalue weighted by Crippen LogP contribution is -2.60. The first-order chi connectivity index (χ1) is 19.2. The van der Waals surface area contributed by atoms with Crippen LogP contribution in [0, 0.1) is 0 Å². The van der Waals surface area contributed by atoms with Gasteiger partial charge in [0.15, 0.2) is 0 Å². The third-order valence-corrected chi connectivity index (χ3v) is 6.63. The molecule has 2 rings (SSSR count). The van der Waals surface area contributed by atoms with Gasteiger partial charge in [0.25, 0.3) is 0 Å². The largest absolute Gasteiger partial charge is 0.468 e. The maximum Gasteiger partial charge on any atom is 0.408 e. The maximum atomic E-state index is 14.6. The Balaban J connectivity index is 2.67. The van der Waals surface area contributed by atoms with Crippen molar-refractivity contribution in [3.8, 4) is 0 Å². The van der Waals surface area contributed by atoms with Gasteiger partial charge in [-0.3, -0.25) is 14.4 Å². The number of ether oxygens (including phenoxy) is 2. The number of carbonyl (C=O) groups is 4. The second kappa shape index (κ2) is 14.5. The third-order valence-electron chi connectivity index (χ3n) is 6.63. The summed E-state index contributed by atoms with van der Waals surface area (Å²) in [5.74, 6) is -1.67. The summed E-state index contributed by atoms with van der Waals surface area (Å²) in [4.78, 5) is 54.7. The van der Waals surface area contributed by atoms with Crippen LogP contribution in [0.5, 0.6) is 0 Å². The van der Waals surface area contributed by atoms with Crippen molar-refractivity contribution < 1.29 is 28.7 Å². The van der Waals surface area contributed by atoms with E-state index >= 15 is 0 Å². The summed E-state index contributed by atoms with van der Waals surface area (Å²) in [7, 11) is 1.23. The van der Waals surface area contributed by atoms with Gasteiger partial charge < -0.3 is 25.0 Å². The number of methoxy groups -OCH3 is 1. The Kier molecular flexibility index (Phi) is 11.7. The molecule has 3 amide bonds. The smallest absolute Gasteiger partial charge is 0.408 e. The SMILES string of the molecule is C=Cc1cccc(C(C(=O)NCC(=O)OC)N(C(=O)C(Cc2ccccc2)NC(=O)OC(C)(C)C)C(C)(C)CC)c1. The van der Waals surface area contributed by atoms with Crippen LogP contribution in [0.25, 0.3) is 6.08 Å². The molecule has 2 aromatic carbocycles. The Bertz CT molecular complexity index is 1220. The van der Waals surface area contributed by atoms with Crippen molar-refractivity contribution in [3.63, 3.8) is 0 Å². The van der Waals surface area contributed by atoms with E-state index in [4.69, 9.17) is 9.47 Å². The second-order valence-corrected chi connectivity index (χ2v) is 11.3. The summed E-state index contributed by atoms with van der Waals surface area (Å²) in [6, 6.07) is 14.2. The molecule has 41 heavy (non-hydrogen) atoms. The molecule has 0 aliphatic heterocycles. The van der Waals surface area contributed by atoms with Crippen LogP contribution in [0.4, 0.5) is 4.79 Å². The van der Waals surface area contributed by atoms with Crippen LogP contribution >= 0.6 is 0 Å². The summed E-state index contributed by atoms with van der Waals surface area (Å²) in [5.41, 5.74) is 0.461. The van der Waals surface area contributed by atoms with E-state index in [9.17, 15) is 19.2 Å². The van der Waals surface area contributed by atoms with Crippen molar-refractivity contribution in [2.75, 3.05) is 13.7 Å². The zero-order chi connectivity index (χ0) is 30.8. The number of alkyl carbamates (subject to hydrolysis) is 1. The number of amides is 3. The highest BCUT2D eigenvalue weighted by atomic mass is 16.6. The predicted octanol–water partition coefficient (Wildman–Crippen LogP) is 4.81. The van der Waals surface area contributed by atoms with Gasteiger partial charge in [-0.25, -0.2) is 4.79 Å². The van der Waals surface area contributed by atoms with E-state index in [0.717, 1.165) is 11.1 Å². The van der Waals surface area contributed by atoms with Crippen LogP contribution < -0.4 is 10.6 Å². The van der Waals surface area contributed by atoms with Crippen molar-refractivity contribution in [1.29, 1.82) is 0 Å². The second-order valence-electron chi connectivity index (χ2n) is 11.3. The Labute approximate surface area is 243 Å². The Morgan fingerprint density at radius 1 is 1.00 bits per heavy atom. The lowest BCUT2D eigenvalue weighted by Gasteiger charge is -2.44. The molecule has 0 bridgehead atoms. The fourth-order valence-electron chi connectivity index (χ4n) is 4.21. The zero-order valence-corrected chi connectivity index (χ0v) is 25.2. The molecule has 0 saturated carbocycles. The molecule has 0 spiro atoms. The minimum absolute atomic E-state index is 0.165. The van der Waals surface area contributed by atoms with Gasteiger partial charge in [0.2, 0.25) is 11.8 Å². The minimum atomic E-state index is -1.14. The van der Waals surface area contributed by atoms with Gasteiger partial charge in [-0.1, -0.05) is 68.1 Å². The molecule has 0 aliphatic rings. The average molecular weight is 566 g/mol. The van der Waals surface area contributed by atoms with E-state index in [1.165, 1.54) is 12.0 Å². The first-order valence-corrected chi connectivity index (χ1v) is 13.7. The molecule has 0 radical (unpaired) electrons. The fourth-order valence-corrected chi connectivity index (χ4v) is 4.21. The first-order valence-electron chi connectivity index (χ1n) is 13.7. The van der Waals surface area contributed by atoms with Crippen molar-refractivity contribution in [2.24, 2.45) is 0 Å². The zero-order valence-electron chi connectivity index (χ0n) is 25.2. The van der Waals surface area contributed by atoms with Gasteiger partial charge in [0.1, 0.15) is 24.2 Å². The van der Waals surface area contributed by atoms with E-state index in [1.807, 2.05) is 57.2 Å². The van der Waals surface area contributed by atoms with Gasteiger partial charge in [-0.15, -0.1) is 0 Å². The topological polar surface area (TPSA) is 114 Å². The van der Waals surface area contributed by atoms with Crippen molar-refractivity contribution in [1.82, 2.24) is 15.5 Å². The number of hydrogen-bond acceptors (Lipinski definition) is 6. The summed E-state index contributed by atoms with van der Waals surface area (Å²) in [6.45, 7) is 14.3. The van der Waals surface area contributed by atoms with Gasteiger partial charge in [0, 0.05) is 12.0 Å². The molecule has 0 aromatic heterocycles. The minimum Gasteiger partial charge on any atom is -0.468 e. The molecule has 0 fully saturated rings. The summed E-state index contributed by atoms with van der Waals surface area (Å²) in [6.07, 6.45) is 1.55. The molecule has 0 heterocycles. The van der Waals surface area contributed by atoms with Crippen molar-refractivity contribution >= 4 is 30.0 Å². The number of hydrogen-bond donors (Lipinski definition) is 2. The van der Waals surface area contributed by atoms with Crippen LogP contribution in [-0.2, 0) is 30.3 Å². The Morgan fingerprint density at radius 2 is 1.66 bits per heavy atom. The summed E-state index contributed by atoms with van der Waals surface area (Å²) < 4.78 is 10.2. The highest BCUT2D eigenvalue weighted by Gasteiger charge is 2.43. The van der Waals surface area contributed by atoms with E-state index in [1.54, 1.807) is 45.0 Å². The third kappa shape index (κ3) is 9.77. The molecular weight excluding hydrogens is 522 g/mol. The number of nitrogens with zero attached hydrogens (tertiary/aromatic N) is 1. The molecular formula is C32H43N3O6. The number of nitrogens with one attached hydrogen (secondary N) is 2. The van der Waals surface area contributed by atoms with Crippen LogP contribution in [0.3, 0.4) is 0 Å². The number of carbonyl (C=O) groups excluding carboxylic acids is 4. The molecule has 222 valence electrons. The first kappa shape index (κ1) is 33.1. The lowest BCUT2D eigenvalue weighted by molar-refractivity contribution is -0.150. The van der Waals surface area contributed by atoms with Crippen LogP contribution in [0.1, 0.15) is 70.7 Å². The lowest BCUT2D eigenvalue weighted by atomic mass is 9.90. The van der Waals surface area contributed by atoms with Gasteiger partial charge in [-0.05, 0) is 63.8 Å². The van der Waals surface area contributed by atoms with Gasteiger partial charge in [0.05, 0.1) is 7.11 Å². The Morgan fingerprint density at radius 3 is 2.22 bits per heavy atom. The highest BCUT2D eigenvalue weighted by Crippen LogP contribution is 2.33. The van der Waals surface area contributed by atoms with E-state index in [-0.39, 0.29) is 13.0 Å². The summed E-state index contributed by atoms with van der Waals surface area (Å²) in [5, 5.41) is 5.37. The molecule has 9 nitrogen and oxygen atoms in total. The molecule has 0 aliphatic carbocycles. The van der Waals surface area contributed by atoms with Gasteiger partial charge in [-0.2, -0.15) is 0 Å². The molecule has 2 aromatic rings. The average Bonchev–Trinajstić information content (AvgIpc) is 2.93. The van der Waals surface area contributed by atoms with Crippen LogP contribution in [0.2, 0.25) is 0 Å². The number of benzene rings is 2. The molecule has 9 heteroatoms. The highest BCUT2D eigenvalue weighted by molar-refractivity contribution is 5.94. The van der Waals surface area contributed by atoms with Crippen molar-refractivity contribution in [2.45, 2.75) is 77.6 Å². The molecule has 2 N–H and O–H groups in total. The van der Waals surface area contributed by atoms with Crippen LogP contribution in [-0.4, -0.2) is 59.6 Å². The quantitative estimate of drug-likeness (QED) is 0.357.